The molecule has 1 heterocycles. The van der Waals surface area contributed by atoms with Crippen LogP contribution in [0.25, 0.3) is 0 Å². The van der Waals surface area contributed by atoms with Gasteiger partial charge in [0.2, 0.25) is 5.91 Å². The third-order valence-corrected chi connectivity index (χ3v) is 6.11. The Morgan fingerprint density at radius 2 is 1.96 bits per heavy atom. The smallest absolute Gasteiger partial charge is 0.279 e. The van der Waals surface area contributed by atoms with E-state index in [-0.39, 0.29) is 23.9 Å². The molecule has 1 aromatic carbocycles. The molecule has 5 nitrogen and oxygen atoms in total. The van der Waals surface area contributed by atoms with Gasteiger partial charge in [-0.2, -0.15) is 11.8 Å². The molecule has 3 rings (SSSR count). The molecule has 0 bridgehead atoms. The molecule has 0 unspecified atom stereocenters. The van der Waals surface area contributed by atoms with Crippen LogP contribution >= 0.6 is 11.8 Å². The summed E-state index contributed by atoms with van der Waals surface area (Å²) in [5.41, 5.74) is 2.54. The van der Waals surface area contributed by atoms with Gasteiger partial charge >= 0.3 is 0 Å². The molecule has 1 saturated carbocycles. The van der Waals surface area contributed by atoms with Crippen molar-refractivity contribution in [3.8, 4) is 0 Å². The summed E-state index contributed by atoms with van der Waals surface area (Å²) in [4.78, 5) is 25.5. The van der Waals surface area contributed by atoms with Crippen LogP contribution in [0.4, 0.5) is 0 Å². The molecule has 0 spiro atoms. The molecule has 0 radical (unpaired) electrons. The Morgan fingerprint density at radius 1 is 1.23 bits per heavy atom. The summed E-state index contributed by atoms with van der Waals surface area (Å²) in [6.07, 6.45) is 7.91. The Hall–Kier alpha value is -1.53. The van der Waals surface area contributed by atoms with E-state index in [9.17, 15) is 9.59 Å². The van der Waals surface area contributed by atoms with Crippen LogP contribution in [0.3, 0.4) is 0 Å². The zero-order valence-electron chi connectivity index (χ0n) is 15.5. The maximum absolute atomic E-state index is 12.8. The Labute approximate surface area is 160 Å². The highest BCUT2D eigenvalue weighted by molar-refractivity contribution is 7.98. The van der Waals surface area contributed by atoms with Gasteiger partial charge in [-0.3, -0.25) is 9.59 Å². The molecule has 0 aromatic heterocycles. The number of amides is 2. The molecule has 4 N–H and O–H groups in total. The van der Waals surface area contributed by atoms with Crippen LogP contribution in [0.15, 0.2) is 24.3 Å². The summed E-state index contributed by atoms with van der Waals surface area (Å²) < 4.78 is 0. The second-order valence-corrected chi connectivity index (χ2v) is 8.34. The monoisotopic (exact) mass is 376 g/mol. The molecule has 142 valence electrons. The Bertz CT molecular complexity index is 631. The van der Waals surface area contributed by atoms with Gasteiger partial charge in [-0.25, -0.2) is 0 Å². The van der Waals surface area contributed by atoms with Gasteiger partial charge in [0.25, 0.3) is 5.91 Å². The summed E-state index contributed by atoms with van der Waals surface area (Å²) in [5.74, 6) is 0.822. The second-order valence-electron chi connectivity index (χ2n) is 7.35. The van der Waals surface area contributed by atoms with Crippen LogP contribution < -0.4 is 16.0 Å². The van der Waals surface area contributed by atoms with Crippen molar-refractivity contribution in [2.24, 2.45) is 0 Å². The van der Waals surface area contributed by atoms with E-state index in [0.29, 0.717) is 6.42 Å². The minimum Gasteiger partial charge on any atom is -0.352 e. The van der Waals surface area contributed by atoms with Crippen LogP contribution in [-0.2, 0) is 22.6 Å². The van der Waals surface area contributed by atoms with E-state index in [1.165, 1.54) is 24.0 Å². The van der Waals surface area contributed by atoms with Crippen molar-refractivity contribution < 1.29 is 14.9 Å². The van der Waals surface area contributed by atoms with E-state index in [0.717, 1.165) is 31.6 Å². The van der Waals surface area contributed by atoms with Gasteiger partial charge in [0.05, 0.1) is 0 Å². The average Bonchev–Trinajstić information content (AvgIpc) is 3.17. The first-order valence-electron chi connectivity index (χ1n) is 9.67. The number of nitrogens with one attached hydrogen (secondary N) is 2. The first kappa shape index (κ1) is 19.2. The predicted octanol–water partition coefficient (Wildman–Crippen LogP) is 0.971. The van der Waals surface area contributed by atoms with Crippen LogP contribution in [0.5, 0.6) is 0 Å². The maximum Gasteiger partial charge on any atom is 0.279 e. The molecule has 2 amide bonds. The average molecular weight is 377 g/mol. The third-order valence-electron chi connectivity index (χ3n) is 5.46. The largest absolute Gasteiger partial charge is 0.352 e. The molecule has 2 atom stereocenters. The van der Waals surface area contributed by atoms with Gasteiger partial charge in [-0.15, -0.1) is 0 Å². The lowest BCUT2D eigenvalue weighted by molar-refractivity contribution is -0.695. The number of thioether (sulfide) groups is 1. The number of nitrogens with two attached hydrogens (primary N) is 1. The van der Waals surface area contributed by atoms with Crippen LogP contribution in [0.2, 0.25) is 0 Å². The number of carbonyl (C=O) groups is 2. The summed E-state index contributed by atoms with van der Waals surface area (Å²) in [7, 11) is 0. The van der Waals surface area contributed by atoms with E-state index < -0.39 is 6.04 Å². The molecule has 6 heteroatoms. The van der Waals surface area contributed by atoms with Crippen molar-refractivity contribution in [2.45, 2.75) is 63.2 Å². The Morgan fingerprint density at radius 3 is 2.69 bits per heavy atom. The van der Waals surface area contributed by atoms with Gasteiger partial charge in [0.15, 0.2) is 6.04 Å². The van der Waals surface area contributed by atoms with Crippen molar-refractivity contribution in [3.63, 3.8) is 0 Å². The summed E-state index contributed by atoms with van der Waals surface area (Å²) in [5, 5.41) is 8.25. The molecule has 1 aliphatic carbocycles. The SMILES string of the molecule is CSCC[C@H](NC(=O)[C@@H]1Cc2ccccc2C[NH2+]1)C(=O)NC1CCCC1. The van der Waals surface area contributed by atoms with Gasteiger partial charge < -0.3 is 16.0 Å². The number of benzene rings is 1. The Kier molecular flexibility index (Phi) is 6.97. The first-order chi connectivity index (χ1) is 12.7. The molecule has 0 saturated heterocycles. The molecule has 2 aliphatic rings. The normalized spacial score (nSPS) is 21.0. The highest BCUT2D eigenvalue weighted by Gasteiger charge is 2.31. The Balaban J connectivity index is 1.58. The fourth-order valence-electron chi connectivity index (χ4n) is 3.90. The summed E-state index contributed by atoms with van der Waals surface area (Å²) >= 11 is 1.70. The van der Waals surface area contributed by atoms with Crippen molar-refractivity contribution in [1.82, 2.24) is 10.6 Å². The van der Waals surface area contributed by atoms with Gasteiger partial charge in [0.1, 0.15) is 12.6 Å². The fourth-order valence-corrected chi connectivity index (χ4v) is 4.37. The number of rotatable bonds is 7. The van der Waals surface area contributed by atoms with Crippen LogP contribution in [-0.4, -0.2) is 41.9 Å². The topological polar surface area (TPSA) is 74.8 Å². The first-order valence-corrected chi connectivity index (χ1v) is 11.1. The maximum atomic E-state index is 12.8. The minimum atomic E-state index is -0.430. The van der Waals surface area contributed by atoms with E-state index in [1.807, 2.05) is 18.4 Å². The highest BCUT2D eigenvalue weighted by Crippen LogP contribution is 2.18. The zero-order valence-corrected chi connectivity index (χ0v) is 16.3. The molecule has 1 fully saturated rings. The van der Waals surface area contributed by atoms with Gasteiger partial charge in [-0.05, 0) is 36.8 Å². The number of quaternary nitrogens is 1. The van der Waals surface area contributed by atoms with E-state index in [2.05, 4.69) is 28.1 Å². The quantitative estimate of drug-likeness (QED) is 0.664. The lowest BCUT2D eigenvalue weighted by Gasteiger charge is -2.25. The van der Waals surface area contributed by atoms with E-state index in [1.54, 1.807) is 11.8 Å². The van der Waals surface area contributed by atoms with Gasteiger partial charge in [-0.1, -0.05) is 37.1 Å². The van der Waals surface area contributed by atoms with Crippen LogP contribution in [0, 0.1) is 0 Å². The third kappa shape index (κ3) is 5.01. The van der Waals surface area contributed by atoms with Crippen LogP contribution in [0.1, 0.15) is 43.2 Å². The number of hydrogen-bond donors (Lipinski definition) is 3. The van der Waals surface area contributed by atoms with Crippen molar-refractivity contribution in [1.29, 1.82) is 0 Å². The standard InChI is InChI=1S/C20H29N3O2S/c1-26-11-10-17(19(24)22-16-8-4-5-9-16)23-20(25)18-12-14-6-2-3-7-15(14)13-21-18/h2-3,6-7,16-18,21H,4-5,8-13H2,1H3,(H,22,24)(H,23,25)/p+1/t17-,18-/m0/s1. The fraction of sp³-hybridized carbons (Fsp3) is 0.600. The summed E-state index contributed by atoms with van der Waals surface area (Å²) in [6, 6.07) is 7.98. The lowest BCUT2D eigenvalue weighted by atomic mass is 9.95. The second kappa shape index (κ2) is 9.42. The molecule has 26 heavy (non-hydrogen) atoms. The van der Waals surface area contributed by atoms with Crippen molar-refractivity contribution in [3.05, 3.63) is 35.4 Å². The highest BCUT2D eigenvalue weighted by atomic mass is 32.2. The van der Waals surface area contributed by atoms with Crippen molar-refractivity contribution in [2.75, 3.05) is 12.0 Å². The number of fused-ring (bicyclic) bond motifs is 1. The predicted molar refractivity (Wildman–Crippen MR) is 105 cm³/mol. The number of carbonyl (C=O) groups excluding carboxylic acids is 2. The van der Waals surface area contributed by atoms with E-state index in [4.69, 9.17) is 0 Å². The molecular weight excluding hydrogens is 346 g/mol. The summed E-state index contributed by atoms with van der Waals surface area (Å²) in [6.45, 7) is 0.817. The van der Waals surface area contributed by atoms with Crippen molar-refractivity contribution >= 4 is 23.6 Å². The molecule has 1 aromatic rings. The molecule has 1 aliphatic heterocycles. The van der Waals surface area contributed by atoms with E-state index >= 15 is 0 Å². The number of hydrogen-bond acceptors (Lipinski definition) is 3. The lowest BCUT2D eigenvalue weighted by Crippen LogP contribution is -2.93. The van der Waals surface area contributed by atoms with Gasteiger partial charge in [0, 0.05) is 18.0 Å². The zero-order chi connectivity index (χ0) is 18.4. The minimum absolute atomic E-state index is 0.0180. The molecular formula is C20H30N3O2S+.